The summed E-state index contributed by atoms with van der Waals surface area (Å²) in [6.07, 6.45) is 2.91. The first kappa shape index (κ1) is 24.0. The number of nitrogens with zero attached hydrogens (tertiary/aromatic N) is 1. The van der Waals surface area contributed by atoms with Crippen molar-refractivity contribution in [1.29, 1.82) is 0 Å². The molecule has 0 aliphatic carbocycles. The molecule has 0 unspecified atom stereocenters. The van der Waals surface area contributed by atoms with Crippen molar-refractivity contribution in [3.8, 4) is 0 Å². The lowest BCUT2D eigenvalue weighted by Gasteiger charge is -2.37. The van der Waals surface area contributed by atoms with E-state index in [0.29, 0.717) is 12.6 Å². The van der Waals surface area contributed by atoms with Crippen LogP contribution in [0.1, 0.15) is 44.1 Å². The molecule has 0 amide bonds. The molecule has 0 bridgehead atoms. The first-order chi connectivity index (χ1) is 15.5. The maximum absolute atomic E-state index is 13.4. The van der Waals surface area contributed by atoms with Gasteiger partial charge in [-0.05, 0) is 61.2 Å². The van der Waals surface area contributed by atoms with Crippen LogP contribution in [0.5, 0.6) is 0 Å². The average molecular weight is 445 g/mol. The van der Waals surface area contributed by atoms with Crippen LogP contribution in [0.15, 0.2) is 42.5 Å². The molecule has 1 aliphatic rings. The minimum absolute atomic E-state index is 0.0121. The van der Waals surface area contributed by atoms with Gasteiger partial charge in [-0.3, -0.25) is 4.79 Å². The van der Waals surface area contributed by atoms with Gasteiger partial charge in [0.1, 0.15) is 5.82 Å². The van der Waals surface area contributed by atoms with Gasteiger partial charge in [0, 0.05) is 44.5 Å². The number of ether oxygens (including phenoxy) is 2. The number of halogens is 1. The molecule has 174 valence electrons. The second-order valence-corrected chi connectivity index (χ2v) is 8.20. The van der Waals surface area contributed by atoms with Crippen LogP contribution >= 0.6 is 0 Å². The molecule has 1 saturated heterocycles. The number of aliphatic carboxylic acids is 1. The maximum atomic E-state index is 13.4. The summed E-state index contributed by atoms with van der Waals surface area (Å²) >= 11 is 0. The van der Waals surface area contributed by atoms with E-state index < -0.39 is 5.97 Å². The molecule has 2 N–H and O–H groups in total. The number of methoxy groups -OCH3 is 1. The first-order valence-electron chi connectivity index (χ1n) is 11.2. The smallest absolute Gasteiger partial charge is 0.304 e. The third-order valence-electron chi connectivity index (χ3n) is 5.81. The third-order valence-corrected chi connectivity index (χ3v) is 5.81. The predicted octanol–water partition coefficient (Wildman–Crippen LogP) is 5.17. The highest BCUT2D eigenvalue weighted by molar-refractivity contribution is 5.77. The van der Waals surface area contributed by atoms with Crippen LogP contribution in [-0.4, -0.2) is 50.6 Å². The zero-order valence-electron chi connectivity index (χ0n) is 18.9. The monoisotopic (exact) mass is 444 g/mol. The van der Waals surface area contributed by atoms with E-state index in [-0.39, 0.29) is 18.2 Å². The van der Waals surface area contributed by atoms with Crippen molar-refractivity contribution in [2.75, 3.05) is 43.7 Å². The van der Waals surface area contributed by atoms with Crippen LogP contribution in [0.3, 0.4) is 0 Å². The lowest BCUT2D eigenvalue weighted by Crippen LogP contribution is -2.40. The van der Waals surface area contributed by atoms with E-state index in [4.69, 9.17) is 9.47 Å². The zero-order valence-corrected chi connectivity index (χ0v) is 18.9. The van der Waals surface area contributed by atoms with Crippen molar-refractivity contribution in [2.45, 2.75) is 44.6 Å². The molecule has 3 rings (SSSR count). The van der Waals surface area contributed by atoms with E-state index in [0.717, 1.165) is 61.6 Å². The Morgan fingerprint density at radius 3 is 2.59 bits per heavy atom. The van der Waals surface area contributed by atoms with Crippen molar-refractivity contribution >= 4 is 23.0 Å². The number of carbonyl (C=O) groups is 1. The fourth-order valence-corrected chi connectivity index (χ4v) is 4.27. The summed E-state index contributed by atoms with van der Waals surface area (Å²) in [5.41, 5.74) is 3.60. The van der Waals surface area contributed by atoms with Gasteiger partial charge in [0.15, 0.2) is 0 Å². The number of carboxylic acid groups (broad SMARTS) is 1. The predicted molar refractivity (Wildman–Crippen MR) is 124 cm³/mol. The van der Waals surface area contributed by atoms with Gasteiger partial charge < -0.3 is 24.8 Å². The highest BCUT2D eigenvalue weighted by Gasteiger charge is 2.25. The molecule has 1 fully saturated rings. The minimum Gasteiger partial charge on any atom is -0.481 e. The Balaban J connectivity index is 2.01. The molecule has 0 saturated carbocycles. The van der Waals surface area contributed by atoms with Crippen LogP contribution in [0.2, 0.25) is 0 Å². The van der Waals surface area contributed by atoms with Gasteiger partial charge in [0.25, 0.3) is 0 Å². The number of anilines is 3. The lowest BCUT2D eigenvalue weighted by molar-refractivity contribution is -0.137. The number of carboxylic acids is 1. The molecule has 0 radical (unpaired) electrons. The van der Waals surface area contributed by atoms with Crippen LogP contribution in [0.4, 0.5) is 21.5 Å². The van der Waals surface area contributed by atoms with E-state index >= 15 is 0 Å². The quantitative estimate of drug-likeness (QED) is 0.498. The van der Waals surface area contributed by atoms with Crippen LogP contribution in [-0.2, 0) is 14.3 Å². The fourth-order valence-electron chi connectivity index (χ4n) is 4.27. The molecule has 1 aliphatic heterocycles. The molecule has 6 nitrogen and oxygen atoms in total. The van der Waals surface area contributed by atoms with Crippen molar-refractivity contribution in [1.82, 2.24) is 0 Å². The van der Waals surface area contributed by atoms with Crippen molar-refractivity contribution in [3.05, 3.63) is 53.8 Å². The zero-order chi connectivity index (χ0) is 22.9. The molecule has 32 heavy (non-hydrogen) atoms. The molecule has 0 spiro atoms. The maximum Gasteiger partial charge on any atom is 0.304 e. The van der Waals surface area contributed by atoms with E-state index in [2.05, 4.69) is 23.2 Å². The molecular formula is C25H33FN2O4. The van der Waals surface area contributed by atoms with Gasteiger partial charge in [0.05, 0.1) is 24.4 Å². The lowest BCUT2D eigenvalue weighted by atomic mass is 9.94. The summed E-state index contributed by atoms with van der Waals surface area (Å²) < 4.78 is 24.3. The number of rotatable bonds is 11. The molecule has 1 atom stereocenters. The highest BCUT2D eigenvalue weighted by Crippen LogP contribution is 2.36. The summed E-state index contributed by atoms with van der Waals surface area (Å²) in [5, 5.41) is 12.8. The third kappa shape index (κ3) is 6.43. The minimum atomic E-state index is -0.862. The SMILES string of the molecule is CCCN(c1ccc([C@H](COC)CC(=O)O)cc1Nc1ccc(F)cc1)C1CCOCC1. The summed E-state index contributed by atoms with van der Waals surface area (Å²) in [6, 6.07) is 12.7. The van der Waals surface area contributed by atoms with E-state index in [1.54, 1.807) is 19.2 Å². The standard InChI is InChI=1S/C25H33FN2O4/c1-3-12-28(22-10-13-32-14-11-22)24-9-4-18(19(17-31-2)16-25(29)30)15-23(24)27-21-7-5-20(26)6-8-21/h4-9,15,19,22,27H,3,10-14,16-17H2,1-2H3,(H,29,30)/t19-/m0/s1. The summed E-state index contributed by atoms with van der Waals surface area (Å²) in [5.74, 6) is -1.41. The number of benzene rings is 2. The number of hydrogen-bond donors (Lipinski definition) is 2. The van der Waals surface area contributed by atoms with Gasteiger partial charge in [-0.15, -0.1) is 0 Å². The van der Waals surface area contributed by atoms with Gasteiger partial charge >= 0.3 is 5.97 Å². The number of hydrogen-bond acceptors (Lipinski definition) is 5. The first-order valence-corrected chi connectivity index (χ1v) is 11.2. The van der Waals surface area contributed by atoms with Gasteiger partial charge in [-0.25, -0.2) is 4.39 Å². The Labute approximate surface area is 189 Å². The Morgan fingerprint density at radius 1 is 1.25 bits per heavy atom. The van der Waals surface area contributed by atoms with Crippen LogP contribution in [0, 0.1) is 5.82 Å². The molecule has 7 heteroatoms. The van der Waals surface area contributed by atoms with E-state index in [1.165, 1.54) is 12.1 Å². The Hall–Kier alpha value is -2.64. The number of nitrogens with one attached hydrogen (secondary N) is 1. The molecular weight excluding hydrogens is 411 g/mol. The van der Waals surface area contributed by atoms with Gasteiger partial charge in [-0.2, -0.15) is 0 Å². The van der Waals surface area contributed by atoms with Crippen LogP contribution in [0.25, 0.3) is 0 Å². The van der Waals surface area contributed by atoms with Crippen molar-refractivity contribution in [3.63, 3.8) is 0 Å². The second kappa shape index (κ2) is 11.8. The topological polar surface area (TPSA) is 71.0 Å². The Bertz CT molecular complexity index is 869. The average Bonchev–Trinajstić information content (AvgIpc) is 2.79. The molecule has 2 aromatic carbocycles. The molecule has 1 heterocycles. The van der Waals surface area contributed by atoms with Crippen molar-refractivity contribution in [2.24, 2.45) is 0 Å². The Morgan fingerprint density at radius 2 is 1.97 bits per heavy atom. The summed E-state index contributed by atoms with van der Waals surface area (Å²) in [6.45, 7) is 4.88. The van der Waals surface area contributed by atoms with Gasteiger partial charge in [-0.1, -0.05) is 13.0 Å². The normalized spacial score (nSPS) is 15.3. The fraction of sp³-hybridized carbons (Fsp3) is 0.480. The molecule has 0 aromatic heterocycles. The molecule has 2 aromatic rings. The summed E-state index contributed by atoms with van der Waals surface area (Å²) in [7, 11) is 1.58. The largest absolute Gasteiger partial charge is 0.481 e. The summed E-state index contributed by atoms with van der Waals surface area (Å²) in [4.78, 5) is 13.8. The van der Waals surface area contributed by atoms with Crippen LogP contribution < -0.4 is 10.2 Å². The van der Waals surface area contributed by atoms with Gasteiger partial charge in [0.2, 0.25) is 0 Å². The van der Waals surface area contributed by atoms with E-state index in [1.807, 2.05) is 12.1 Å². The second-order valence-electron chi connectivity index (χ2n) is 8.20. The van der Waals surface area contributed by atoms with Crippen molar-refractivity contribution < 1.29 is 23.8 Å². The van der Waals surface area contributed by atoms with E-state index in [9.17, 15) is 14.3 Å². The highest BCUT2D eigenvalue weighted by atomic mass is 19.1. The Kier molecular flexibility index (Phi) is 8.88.